The minimum Gasteiger partial charge on any atom is -0.312 e. The highest BCUT2D eigenvalue weighted by Gasteiger charge is 2.32. The molecule has 1 aliphatic rings. The zero-order valence-electron chi connectivity index (χ0n) is 10.0. The van der Waals surface area contributed by atoms with Crippen LogP contribution in [0.3, 0.4) is 0 Å². The molecule has 0 bridgehead atoms. The van der Waals surface area contributed by atoms with Crippen molar-refractivity contribution in [2.45, 2.75) is 32.2 Å². The number of hydrogen-bond acceptors (Lipinski definition) is 1. The van der Waals surface area contributed by atoms with Gasteiger partial charge in [0.05, 0.1) is 0 Å². The SMILES string of the molecule is Fc1ccccc1CNCC1(CCl)CCCC1. The molecule has 1 saturated carbocycles. The van der Waals surface area contributed by atoms with Crippen molar-refractivity contribution in [1.29, 1.82) is 0 Å². The fraction of sp³-hybridized carbons (Fsp3) is 0.571. The molecule has 2 rings (SSSR count). The molecule has 0 spiro atoms. The maximum atomic E-state index is 13.4. The van der Waals surface area contributed by atoms with Gasteiger partial charge in [0.2, 0.25) is 0 Å². The van der Waals surface area contributed by atoms with Crippen molar-refractivity contribution >= 4 is 11.6 Å². The summed E-state index contributed by atoms with van der Waals surface area (Å²) < 4.78 is 13.4. The van der Waals surface area contributed by atoms with Crippen LogP contribution >= 0.6 is 11.6 Å². The molecule has 1 N–H and O–H groups in total. The van der Waals surface area contributed by atoms with E-state index in [1.165, 1.54) is 31.7 Å². The van der Waals surface area contributed by atoms with Gasteiger partial charge in [-0.3, -0.25) is 0 Å². The molecular weight excluding hydrogens is 237 g/mol. The fourth-order valence-corrected chi connectivity index (χ4v) is 2.95. The number of benzene rings is 1. The molecule has 3 heteroatoms. The van der Waals surface area contributed by atoms with E-state index in [2.05, 4.69) is 5.32 Å². The first kappa shape index (κ1) is 12.8. The van der Waals surface area contributed by atoms with Gasteiger partial charge < -0.3 is 5.32 Å². The summed E-state index contributed by atoms with van der Waals surface area (Å²) >= 11 is 6.06. The first-order chi connectivity index (χ1) is 8.26. The Kier molecular flexibility index (Phi) is 4.41. The van der Waals surface area contributed by atoms with Gasteiger partial charge in [-0.15, -0.1) is 11.6 Å². The zero-order valence-corrected chi connectivity index (χ0v) is 10.8. The van der Waals surface area contributed by atoms with Crippen molar-refractivity contribution in [3.8, 4) is 0 Å². The Hall–Kier alpha value is -0.600. The summed E-state index contributed by atoms with van der Waals surface area (Å²) in [6.45, 7) is 1.48. The van der Waals surface area contributed by atoms with Gasteiger partial charge in [0.25, 0.3) is 0 Å². The molecule has 17 heavy (non-hydrogen) atoms. The number of rotatable bonds is 5. The molecule has 1 aliphatic carbocycles. The van der Waals surface area contributed by atoms with Crippen LogP contribution in [0.4, 0.5) is 4.39 Å². The molecule has 1 aromatic rings. The van der Waals surface area contributed by atoms with Gasteiger partial charge in [0.1, 0.15) is 5.82 Å². The molecule has 0 heterocycles. The number of halogens is 2. The van der Waals surface area contributed by atoms with E-state index < -0.39 is 0 Å². The van der Waals surface area contributed by atoms with Crippen LogP contribution in [0.1, 0.15) is 31.2 Å². The quantitative estimate of drug-likeness (QED) is 0.791. The molecule has 1 aromatic carbocycles. The van der Waals surface area contributed by atoms with Crippen LogP contribution in [0, 0.1) is 11.2 Å². The van der Waals surface area contributed by atoms with Crippen molar-refractivity contribution in [2.24, 2.45) is 5.41 Å². The van der Waals surface area contributed by atoms with Crippen molar-refractivity contribution in [2.75, 3.05) is 12.4 Å². The zero-order chi connectivity index (χ0) is 12.1. The van der Waals surface area contributed by atoms with E-state index in [1.54, 1.807) is 6.07 Å². The van der Waals surface area contributed by atoms with Gasteiger partial charge in [-0.05, 0) is 24.3 Å². The summed E-state index contributed by atoms with van der Waals surface area (Å²) in [6.07, 6.45) is 4.93. The van der Waals surface area contributed by atoms with Crippen molar-refractivity contribution in [1.82, 2.24) is 5.32 Å². The predicted molar refractivity (Wildman–Crippen MR) is 69.7 cm³/mol. The first-order valence-electron chi connectivity index (χ1n) is 6.26. The summed E-state index contributed by atoms with van der Waals surface area (Å²) in [7, 11) is 0. The Bertz CT molecular complexity index is 361. The van der Waals surface area contributed by atoms with Crippen molar-refractivity contribution in [3.63, 3.8) is 0 Å². The molecule has 0 unspecified atom stereocenters. The minimum atomic E-state index is -0.133. The van der Waals surface area contributed by atoms with E-state index in [1.807, 2.05) is 12.1 Å². The van der Waals surface area contributed by atoms with Crippen LogP contribution in [0.25, 0.3) is 0 Å². The molecule has 1 nitrogen and oxygen atoms in total. The summed E-state index contributed by atoms with van der Waals surface area (Å²) in [5, 5.41) is 3.35. The third-order valence-corrected chi connectivity index (χ3v) is 4.29. The fourth-order valence-electron chi connectivity index (χ4n) is 2.59. The van der Waals surface area contributed by atoms with Crippen molar-refractivity contribution < 1.29 is 4.39 Å². The molecule has 0 saturated heterocycles. The third-order valence-electron chi connectivity index (χ3n) is 3.72. The normalized spacial score (nSPS) is 18.5. The Morgan fingerprint density at radius 3 is 2.59 bits per heavy atom. The topological polar surface area (TPSA) is 12.0 Å². The molecule has 0 amide bonds. The van der Waals surface area contributed by atoms with Crippen LogP contribution in [-0.2, 0) is 6.54 Å². The molecule has 0 radical (unpaired) electrons. The van der Waals surface area contributed by atoms with Gasteiger partial charge in [0.15, 0.2) is 0 Å². The highest BCUT2D eigenvalue weighted by molar-refractivity contribution is 6.18. The van der Waals surface area contributed by atoms with Crippen LogP contribution in [-0.4, -0.2) is 12.4 Å². The standard InChI is InChI=1S/C14H19ClFN/c15-10-14(7-3-4-8-14)11-17-9-12-5-1-2-6-13(12)16/h1-2,5-6,17H,3-4,7-11H2. The Morgan fingerprint density at radius 1 is 1.24 bits per heavy atom. The van der Waals surface area contributed by atoms with E-state index in [0.717, 1.165) is 12.1 Å². The van der Waals surface area contributed by atoms with E-state index >= 15 is 0 Å². The maximum Gasteiger partial charge on any atom is 0.127 e. The predicted octanol–water partition coefficient (Wildman–Crippen LogP) is 3.71. The van der Waals surface area contributed by atoms with E-state index in [0.29, 0.717) is 12.4 Å². The summed E-state index contributed by atoms with van der Waals surface area (Å²) in [6, 6.07) is 6.91. The smallest absolute Gasteiger partial charge is 0.127 e. The summed E-state index contributed by atoms with van der Waals surface area (Å²) in [5.74, 6) is 0.573. The van der Waals surface area contributed by atoms with E-state index in [-0.39, 0.29) is 11.2 Å². The molecule has 1 fully saturated rings. The number of alkyl halides is 1. The van der Waals surface area contributed by atoms with Crippen molar-refractivity contribution in [3.05, 3.63) is 35.6 Å². The second-order valence-electron chi connectivity index (χ2n) is 5.04. The number of nitrogens with one attached hydrogen (secondary N) is 1. The lowest BCUT2D eigenvalue weighted by atomic mass is 9.88. The van der Waals surface area contributed by atoms with Gasteiger partial charge >= 0.3 is 0 Å². The Balaban J connectivity index is 1.85. The van der Waals surface area contributed by atoms with Gasteiger partial charge in [-0.2, -0.15) is 0 Å². The van der Waals surface area contributed by atoms with Gasteiger partial charge in [0, 0.05) is 24.5 Å². The van der Waals surface area contributed by atoms with Gasteiger partial charge in [-0.1, -0.05) is 31.0 Å². The third kappa shape index (κ3) is 3.20. The largest absolute Gasteiger partial charge is 0.312 e. The van der Waals surface area contributed by atoms with E-state index in [4.69, 9.17) is 11.6 Å². The monoisotopic (exact) mass is 255 g/mol. The minimum absolute atomic E-state index is 0.133. The lowest BCUT2D eigenvalue weighted by Gasteiger charge is -2.26. The summed E-state index contributed by atoms with van der Waals surface area (Å²) in [5.41, 5.74) is 0.975. The average Bonchev–Trinajstić information content (AvgIpc) is 2.81. The highest BCUT2D eigenvalue weighted by atomic mass is 35.5. The maximum absolute atomic E-state index is 13.4. The Morgan fingerprint density at radius 2 is 1.94 bits per heavy atom. The molecule has 94 valence electrons. The van der Waals surface area contributed by atoms with Gasteiger partial charge in [-0.25, -0.2) is 4.39 Å². The molecule has 0 aliphatic heterocycles. The average molecular weight is 256 g/mol. The lowest BCUT2D eigenvalue weighted by molar-refractivity contribution is 0.319. The highest BCUT2D eigenvalue weighted by Crippen LogP contribution is 2.38. The van der Waals surface area contributed by atoms with E-state index in [9.17, 15) is 4.39 Å². The molecular formula is C14H19ClFN. The van der Waals surface area contributed by atoms with Crippen LogP contribution < -0.4 is 5.32 Å². The second-order valence-corrected chi connectivity index (χ2v) is 5.30. The van der Waals surface area contributed by atoms with Crippen LogP contribution in [0.5, 0.6) is 0 Å². The number of hydrogen-bond donors (Lipinski definition) is 1. The second kappa shape index (κ2) is 5.83. The Labute approximate surface area is 107 Å². The first-order valence-corrected chi connectivity index (χ1v) is 6.79. The molecule has 0 atom stereocenters. The van der Waals surface area contributed by atoms with Crippen LogP contribution in [0.2, 0.25) is 0 Å². The lowest BCUT2D eigenvalue weighted by Crippen LogP contribution is -2.33. The van der Waals surface area contributed by atoms with Crippen LogP contribution in [0.15, 0.2) is 24.3 Å². The molecule has 0 aromatic heterocycles. The summed E-state index contributed by atoms with van der Waals surface area (Å²) in [4.78, 5) is 0.